The number of nitrogen functional groups attached to an aromatic ring is 1. The van der Waals surface area contributed by atoms with Crippen LogP contribution in [0, 0.1) is 11.6 Å². The summed E-state index contributed by atoms with van der Waals surface area (Å²) < 4.78 is 27.5. The highest BCUT2D eigenvalue weighted by atomic mass is 19.1. The van der Waals surface area contributed by atoms with Gasteiger partial charge in [-0.2, -0.15) is 0 Å². The lowest BCUT2D eigenvalue weighted by Gasteiger charge is -2.28. The number of hydrogen-bond donors (Lipinski definition) is 2. The van der Waals surface area contributed by atoms with Gasteiger partial charge in [0.05, 0.1) is 11.3 Å². The number of carbonyl (C=O) groups is 1. The van der Waals surface area contributed by atoms with Gasteiger partial charge in [0.15, 0.2) is 5.82 Å². The van der Waals surface area contributed by atoms with Gasteiger partial charge in [0.2, 0.25) is 0 Å². The maximum atomic E-state index is 13.8. The minimum atomic E-state index is -1.06. The van der Waals surface area contributed by atoms with E-state index in [1.807, 2.05) is 0 Å². The number of benzene rings is 1. The van der Waals surface area contributed by atoms with E-state index in [-0.39, 0.29) is 12.2 Å². The van der Waals surface area contributed by atoms with E-state index in [1.54, 1.807) is 0 Å². The van der Waals surface area contributed by atoms with E-state index in [1.165, 1.54) is 7.05 Å². The van der Waals surface area contributed by atoms with Crippen molar-refractivity contribution in [1.29, 1.82) is 0 Å². The average molecular weight is 284 g/mol. The molecular formula is C14H18F2N2O2. The highest BCUT2D eigenvalue weighted by Gasteiger charge is 2.34. The van der Waals surface area contributed by atoms with Gasteiger partial charge in [-0.1, -0.05) is 12.8 Å². The quantitative estimate of drug-likeness (QED) is 0.833. The first kappa shape index (κ1) is 14.7. The van der Waals surface area contributed by atoms with Crippen LogP contribution in [0.2, 0.25) is 0 Å². The fraction of sp³-hybridized carbons (Fsp3) is 0.500. The number of hydrogen-bond acceptors (Lipinski definition) is 3. The van der Waals surface area contributed by atoms with Crippen LogP contribution in [0.5, 0.6) is 0 Å². The summed E-state index contributed by atoms with van der Waals surface area (Å²) in [5, 5.41) is 10.2. The predicted octanol–water partition coefficient (Wildman–Crippen LogP) is 1.92. The molecule has 0 spiro atoms. The summed E-state index contributed by atoms with van der Waals surface area (Å²) in [7, 11) is 1.42. The molecule has 0 heterocycles. The summed E-state index contributed by atoms with van der Waals surface area (Å²) in [6, 6.07) is 2.04. The van der Waals surface area contributed by atoms with Gasteiger partial charge in [-0.25, -0.2) is 8.78 Å². The Morgan fingerprint density at radius 3 is 2.60 bits per heavy atom. The van der Waals surface area contributed by atoms with Crippen molar-refractivity contribution in [2.24, 2.45) is 0 Å². The van der Waals surface area contributed by atoms with Crippen molar-refractivity contribution in [2.45, 2.75) is 31.3 Å². The summed E-state index contributed by atoms with van der Waals surface area (Å²) in [5.41, 5.74) is 3.45. The van der Waals surface area contributed by atoms with E-state index in [0.717, 1.165) is 29.9 Å². The molecule has 110 valence electrons. The van der Waals surface area contributed by atoms with Crippen molar-refractivity contribution < 1.29 is 18.7 Å². The van der Waals surface area contributed by atoms with Crippen molar-refractivity contribution in [2.75, 3.05) is 19.3 Å². The lowest BCUT2D eigenvalue weighted by Crippen LogP contribution is -2.42. The molecule has 0 saturated heterocycles. The molecular weight excluding hydrogens is 266 g/mol. The van der Waals surface area contributed by atoms with Crippen LogP contribution in [0.1, 0.15) is 36.0 Å². The van der Waals surface area contributed by atoms with E-state index < -0.39 is 28.7 Å². The second kappa shape index (κ2) is 5.36. The monoisotopic (exact) mass is 284 g/mol. The molecule has 1 aromatic carbocycles. The zero-order valence-electron chi connectivity index (χ0n) is 11.3. The molecule has 2 rings (SSSR count). The molecule has 0 unspecified atom stereocenters. The molecule has 1 saturated carbocycles. The molecule has 1 amide bonds. The number of nitrogens with two attached hydrogens (primary N) is 1. The summed E-state index contributed by atoms with van der Waals surface area (Å²) in [6.07, 6.45) is 2.96. The summed E-state index contributed by atoms with van der Waals surface area (Å²) in [6.45, 7) is 0.0551. The molecule has 4 nitrogen and oxygen atoms in total. The Bertz CT molecular complexity index is 528. The maximum Gasteiger partial charge on any atom is 0.259 e. The van der Waals surface area contributed by atoms with Crippen LogP contribution >= 0.6 is 0 Å². The lowest BCUT2D eigenvalue weighted by molar-refractivity contribution is 0.0153. The number of aliphatic hydroxyl groups is 1. The third kappa shape index (κ3) is 2.75. The SMILES string of the molecule is CN(CC1(O)CCCC1)C(=O)c1c(F)ccc(N)c1F. The molecule has 0 aromatic heterocycles. The Morgan fingerprint density at radius 2 is 2.00 bits per heavy atom. The number of likely N-dealkylation sites (N-methyl/N-ethyl adjacent to an activating group) is 1. The zero-order chi connectivity index (χ0) is 14.9. The van der Waals surface area contributed by atoms with Crippen molar-refractivity contribution >= 4 is 11.6 Å². The van der Waals surface area contributed by atoms with E-state index in [2.05, 4.69) is 0 Å². The summed E-state index contributed by atoms with van der Waals surface area (Å²) in [4.78, 5) is 13.3. The number of rotatable bonds is 3. The third-order valence-corrected chi connectivity index (χ3v) is 3.75. The molecule has 0 radical (unpaired) electrons. The molecule has 1 fully saturated rings. The van der Waals surface area contributed by atoms with Gasteiger partial charge in [0.1, 0.15) is 11.4 Å². The van der Waals surface area contributed by atoms with E-state index >= 15 is 0 Å². The minimum absolute atomic E-state index is 0.0551. The first-order valence-corrected chi connectivity index (χ1v) is 6.55. The second-order valence-electron chi connectivity index (χ2n) is 5.42. The average Bonchev–Trinajstić information content (AvgIpc) is 2.80. The molecule has 6 heteroatoms. The first-order valence-electron chi connectivity index (χ1n) is 6.55. The highest BCUT2D eigenvalue weighted by Crippen LogP contribution is 2.30. The number of anilines is 1. The number of amides is 1. The smallest absolute Gasteiger partial charge is 0.259 e. The van der Waals surface area contributed by atoms with Crippen molar-refractivity contribution in [1.82, 2.24) is 4.90 Å². The van der Waals surface area contributed by atoms with Gasteiger partial charge in [0, 0.05) is 13.6 Å². The molecule has 3 N–H and O–H groups in total. The van der Waals surface area contributed by atoms with Gasteiger partial charge < -0.3 is 15.7 Å². The molecule has 1 aromatic rings. The molecule has 1 aliphatic carbocycles. The van der Waals surface area contributed by atoms with Crippen LogP contribution in [0.15, 0.2) is 12.1 Å². The molecule has 1 aliphatic rings. The Kier molecular flexibility index (Phi) is 3.94. The highest BCUT2D eigenvalue weighted by molar-refractivity contribution is 5.95. The van der Waals surface area contributed by atoms with E-state index in [4.69, 9.17) is 5.73 Å². The van der Waals surface area contributed by atoms with Crippen LogP contribution in [0.4, 0.5) is 14.5 Å². The predicted molar refractivity (Wildman–Crippen MR) is 71.1 cm³/mol. The van der Waals surface area contributed by atoms with Crippen LogP contribution in [-0.4, -0.2) is 35.1 Å². The lowest BCUT2D eigenvalue weighted by atomic mass is 10.0. The van der Waals surface area contributed by atoms with Gasteiger partial charge in [0.25, 0.3) is 5.91 Å². The van der Waals surface area contributed by atoms with Crippen LogP contribution in [0.25, 0.3) is 0 Å². The number of nitrogens with zero attached hydrogens (tertiary/aromatic N) is 1. The Morgan fingerprint density at radius 1 is 1.40 bits per heavy atom. The summed E-state index contributed by atoms with van der Waals surface area (Å²) in [5.74, 6) is -2.82. The van der Waals surface area contributed by atoms with Crippen LogP contribution in [0.3, 0.4) is 0 Å². The normalized spacial score (nSPS) is 17.2. The molecule has 0 aliphatic heterocycles. The van der Waals surface area contributed by atoms with Crippen LogP contribution in [-0.2, 0) is 0 Å². The largest absolute Gasteiger partial charge is 0.396 e. The van der Waals surface area contributed by atoms with Gasteiger partial charge in [-0.05, 0) is 25.0 Å². The molecule has 0 atom stereocenters. The van der Waals surface area contributed by atoms with Gasteiger partial charge >= 0.3 is 0 Å². The fourth-order valence-corrected chi connectivity index (χ4v) is 2.66. The first-order chi connectivity index (χ1) is 9.34. The zero-order valence-corrected chi connectivity index (χ0v) is 11.3. The van der Waals surface area contributed by atoms with E-state index in [9.17, 15) is 18.7 Å². The fourth-order valence-electron chi connectivity index (χ4n) is 2.66. The maximum absolute atomic E-state index is 13.8. The Balaban J connectivity index is 2.21. The Hall–Kier alpha value is -1.69. The third-order valence-electron chi connectivity index (χ3n) is 3.75. The van der Waals surface area contributed by atoms with Crippen molar-refractivity contribution in [3.05, 3.63) is 29.3 Å². The number of carbonyl (C=O) groups excluding carboxylic acids is 1. The van der Waals surface area contributed by atoms with Gasteiger partial charge in [-0.15, -0.1) is 0 Å². The minimum Gasteiger partial charge on any atom is -0.396 e. The Labute approximate surface area is 116 Å². The van der Waals surface area contributed by atoms with Crippen molar-refractivity contribution in [3.8, 4) is 0 Å². The molecule has 20 heavy (non-hydrogen) atoms. The van der Waals surface area contributed by atoms with E-state index in [0.29, 0.717) is 12.8 Å². The topological polar surface area (TPSA) is 66.6 Å². The second-order valence-corrected chi connectivity index (χ2v) is 5.42. The van der Waals surface area contributed by atoms with Crippen molar-refractivity contribution in [3.63, 3.8) is 0 Å². The van der Waals surface area contributed by atoms with Gasteiger partial charge in [-0.3, -0.25) is 4.79 Å². The van der Waals surface area contributed by atoms with Crippen LogP contribution < -0.4 is 5.73 Å². The molecule has 0 bridgehead atoms. The summed E-state index contributed by atoms with van der Waals surface area (Å²) >= 11 is 0. The standard InChI is InChI=1S/C14H18F2N2O2/c1-18(8-14(20)6-2-3-7-14)13(19)11-9(15)4-5-10(17)12(11)16/h4-5,20H,2-3,6-8,17H2,1H3. The number of halogens is 2.